The summed E-state index contributed by atoms with van der Waals surface area (Å²) in [5.41, 5.74) is 6.12. The van der Waals surface area contributed by atoms with E-state index in [1.165, 1.54) is 9.75 Å². The highest BCUT2D eigenvalue weighted by Gasteiger charge is 2.21. The number of aryl methyl sites for hydroxylation is 1. The average Bonchev–Trinajstić information content (AvgIpc) is 2.74. The normalized spacial score (nSPS) is 14.4. The first-order valence-corrected chi connectivity index (χ1v) is 8.16. The quantitative estimate of drug-likeness (QED) is 0.837. The van der Waals surface area contributed by atoms with Crippen LogP contribution in [0, 0.1) is 6.92 Å². The monoisotopic (exact) mass is 342 g/mol. The minimum Gasteiger partial charge on any atom is -0.327 e. The number of thioether (sulfide) groups is 1. The molecule has 2 rings (SSSR count). The molecular weight excluding hydrogens is 328 g/mol. The molecule has 0 bridgehead atoms. The molecule has 5 heteroatoms. The molecule has 2 aromatic heterocycles. The zero-order valence-electron chi connectivity index (χ0n) is 10.3. The Balaban J connectivity index is 2.25. The SMILES string of the molecule is Cc1ccc(C(Sc2ncccc2Br)C(C)N)s1. The van der Waals surface area contributed by atoms with Crippen molar-refractivity contribution in [3.63, 3.8) is 0 Å². The number of hydrogen-bond donors (Lipinski definition) is 1. The number of thiophene rings is 1. The Hall–Kier alpha value is -0.360. The van der Waals surface area contributed by atoms with Gasteiger partial charge in [0.1, 0.15) is 5.03 Å². The second kappa shape index (κ2) is 6.19. The molecule has 0 amide bonds. The molecule has 96 valence electrons. The maximum Gasteiger partial charge on any atom is 0.111 e. The Kier molecular flexibility index (Phi) is 4.84. The van der Waals surface area contributed by atoms with Gasteiger partial charge in [-0.25, -0.2) is 4.98 Å². The lowest BCUT2D eigenvalue weighted by atomic mass is 10.2. The van der Waals surface area contributed by atoms with Gasteiger partial charge in [0, 0.05) is 26.5 Å². The van der Waals surface area contributed by atoms with Crippen molar-refractivity contribution in [1.29, 1.82) is 0 Å². The predicted octanol–water partition coefficient (Wildman–Crippen LogP) is 4.39. The first kappa shape index (κ1) is 14.1. The van der Waals surface area contributed by atoms with Crippen LogP contribution in [0.1, 0.15) is 21.9 Å². The fraction of sp³-hybridized carbons (Fsp3) is 0.308. The molecule has 0 saturated carbocycles. The van der Waals surface area contributed by atoms with Crippen LogP contribution in [0.2, 0.25) is 0 Å². The molecule has 0 aliphatic heterocycles. The van der Waals surface area contributed by atoms with Gasteiger partial charge in [0.15, 0.2) is 0 Å². The zero-order chi connectivity index (χ0) is 13.1. The Morgan fingerprint density at radius 1 is 1.39 bits per heavy atom. The van der Waals surface area contributed by atoms with E-state index in [0.29, 0.717) is 0 Å². The van der Waals surface area contributed by atoms with Gasteiger partial charge < -0.3 is 5.73 Å². The molecule has 2 nitrogen and oxygen atoms in total. The third kappa shape index (κ3) is 3.35. The van der Waals surface area contributed by atoms with E-state index in [4.69, 9.17) is 5.73 Å². The van der Waals surface area contributed by atoms with Gasteiger partial charge in [0.05, 0.1) is 5.25 Å². The summed E-state index contributed by atoms with van der Waals surface area (Å²) in [6.45, 7) is 4.16. The van der Waals surface area contributed by atoms with Gasteiger partial charge in [-0.05, 0) is 54.0 Å². The minimum atomic E-state index is 0.0851. The number of hydrogen-bond acceptors (Lipinski definition) is 4. The van der Waals surface area contributed by atoms with Crippen molar-refractivity contribution in [2.24, 2.45) is 5.73 Å². The summed E-state index contributed by atoms with van der Waals surface area (Å²) in [6, 6.07) is 8.32. The number of nitrogens with two attached hydrogens (primary N) is 1. The Bertz CT molecular complexity index is 525. The average molecular weight is 343 g/mol. The molecule has 0 radical (unpaired) electrons. The van der Waals surface area contributed by atoms with Gasteiger partial charge in [-0.15, -0.1) is 11.3 Å². The Morgan fingerprint density at radius 3 is 2.72 bits per heavy atom. The number of halogens is 1. The predicted molar refractivity (Wildman–Crippen MR) is 83.2 cm³/mol. The van der Waals surface area contributed by atoms with Crippen LogP contribution in [0.3, 0.4) is 0 Å². The second-order valence-electron chi connectivity index (χ2n) is 4.14. The summed E-state index contributed by atoms with van der Waals surface area (Å²) in [7, 11) is 0. The van der Waals surface area contributed by atoms with Crippen LogP contribution in [0.15, 0.2) is 40.0 Å². The lowest BCUT2D eigenvalue weighted by Gasteiger charge is -2.19. The van der Waals surface area contributed by atoms with Crippen LogP contribution in [-0.4, -0.2) is 11.0 Å². The Labute approximate surface area is 124 Å². The topological polar surface area (TPSA) is 38.9 Å². The first-order chi connectivity index (χ1) is 8.58. The highest BCUT2D eigenvalue weighted by atomic mass is 79.9. The summed E-state index contributed by atoms with van der Waals surface area (Å²) in [5, 5.41) is 1.24. The van der Waals surface area contributed by atoms with Crippen molar-refractivity contribution >= 4 is 39.0 Å². The van der Waals surface area contributed by atoms with E-state index in [2.05, 4.69) is 40.0 Å². The van der Waals surface area contributed by atoms with E-state index in [1.807, 2.05) is 25.3 Å². The van der Waals surface area contributed by atoms with E-state index in [-0.39, 0.29) is 11.3 Å². The molecule has 2 N–H and O–H groups in total. The van der Waals surface area contributed by atoms with Gasteiger partial charge in [0.2, 0.25) is 0 Å². The molecule has 18 heavy (non-hydrogen) atoms. The molecule has 2 unspecified atom stereocenters. The highest BCUT2D eigenvalue weighted by Crippen LogP contribution is 2.41. The van der Waals surface area contributed by atoms with Gasteiger partial charge >= 0.3 is 0 Å². The van der Waals surface area contributed by atoms with E-state index in [9.17, 15) is 0 Å². The van der Waals surface area contributed by atoms with Gasteiger partial charge in [-0.3, -0.25) is 0 Å². The van der Waals surface area contributed by atoms with Crippen LogP contribution in [-0.2, 0) is 0 Å². The van der Waals surface area contributed by atoms with E-state index in [0.717, 1.165) is 9.50 Å². The zero-order valence-corrected chi connectivity index (χ0v) is 13.5. The van der Waals surface area contributed by atoms with Crippen LogP contribution in [0.25, 0.3) is 0 Å². The van der Waals surface area contributed by atoms with E-state index in [1.54, 1.807) is 23.1 Å². The van der Waals surface area contributed by atoms with Crippen molar-refractivity contribution in [2.75, 3.05) is 0 Å². The van der Waals surface area contributed by atoms with Crippen LogP contribution in [0.5, 0.6) is 0 Å². The molecule has 0 aliphatic carbocycles. The van der Waals surface area contributed by atoms with Crippen molar-refractivity contribution < 1.29 is 0 Å². The second-order valence-corrected chi connectivity index (χ2v) is 7.44. The molecule has 2 aromatic rings. The number of pyridine rings is 1. The molecule has 0 aliphatic rings. The highest BCUT2D eigenvalue weighted by molar-refractivity contribution is 9.10. The fourth-order valence-corrected chi connectivity index (χ4v) is 4.36. The maximum absolute atomic E-state index is 6.12. The van der Waals surface area contributed by atoms with Crippen LogP contribution < -0.4 is 5.73 Å². The largest absolute Gasteiger partial charge is 0.327 e. The molecule has 0 spiro atoms. The van der Waals surface area contributed by atoms with Crippen LogP contribution in [0.4, 0.5) is 0 Å². The van der Waals surface area contributed by atoms with E-state index >= 15 is 0 Å². The number of aromatic nitrogens is 1. The fourth-order valence-electron chi connectivity index (χ4n) is 1.61. The third-order valence-corrected chi connectivity index (χ3v) is 6.10. The third-order valence-electron chi connectivity index (χ3n) is 2.48. The van der Waals surface area contributed by atoms with Gasteiger partial charge in [-0.1, -0.05) is 11.8 Å². The summed E-state index contributed by atoms with van der Waals surface area (Å²) < 4.78 is 1.02. The molecule has 2 heterocycles. The van der Waals surface area contributed by atoms with Gasteiger partial charge in [-0.2, -0.15) is 0 Å². The number of rotatable bonds is 4. The molecule has 0 aromatic carbocycles. The molecule has 0 saturated heterocycles. The molecule has 0 fully saturated rings. The van der Waals surface area contributed by atoms with Gasteiger partial charge in [0.25, 0.3) is 0 Å². The lowest BCUT2D eigenvalue weighted by molar-refractivity contribution is 0.728. The first-order valence-electron chi connectivity index (χ1n) is 5.67. The van der Waals surface area contributed by atoms with Crippen molar-refractivity contribution in [3.05, 3.63) is 44.7 Å². The summed E-state index contributed by atoms with van der Waals surface area (Å²) in [4.78, 5) is 7.02. The lowest BCUT2D eigenvalue weighted by Crippen LogP contribution is -2.22. The smallest absolute Gasteiger partial charge is 0.111 e. The summed E-state index contributed by atoms with van der Waals surface area (Å²) >= 11 is 7.05. The van der Waals surface area contributed by atoms with Crippen LogP contribution >= 0.6 is 39.0 Å². The molecule has 2 atom stereocenters. The Morgan fingerprint density at radius 2 is 2.17 bits per heavy atom. The summed E-state index contributed by atoms with van der Waals surface area (Å²) in [6.07, 6.45) is 1.81. The van der Waals surface area contributed by atoms with Crippen molar-refractivity contribution in [2.45, 2.75) is 30.2 Å². The van der Waals surface area contributed by atoms with Crippen molar-refractivity contribution in [3.8, 4) is 0 Å². The maximum atomic E-state index is 6.12. The standard InChI is InChI=1S/C13H15BrN2S2/c1-8-5-6-11(17-8)12(9(2)15)18-13-10(14)4-3-7-16-13/h3-7,9,12H,15H2,1-2H3. The molecular formula is C13H15BrN2S2. The van der Waals surface area contributed by atoms with E-state index < -0.39 is 0 Å². The minimum absolute atomic E-state index is 0.0851. The van der Waals surface area contributed by atoms with Crippen molar-refractivity contribution in [1.82, 2.24) is 4.98 Å². The summed E-state index contributed by atoms with van der Waals surface area (Å²) in [5.74, 6) is 0. The number of nitrogens with zero attached hydrogens (tertiary/aromatic N) is 1.